The minimum absolute atomic E-state index is 0.0901. The average Bonchev–Trinajstić information content (AvgIpc) is 3.40. The predicted octanol–water partition coefficient (Wildman–Crippen LogP) is 4.44. The number of hydrogen-bond donors (Lipinski definition) is 0. The van der Waals surface area contributed by atoms with Crippen molar-refractivity contribution in [3.63, 3.8) is 0 Å². The zero-order chi connectivity index (χ0) is 20.5. The van der Waals surface area contributed by atoms with Gasteiger partial charge >= 0.3 is 0 Å². The van der Waals surface area contributed by atoms with E-state index < -0.39 is 0 Å². The molecule has 0 N–H and O–H groups in total. The van der Waals surface area contributed by atoms with E-state index in [2.05, 4.69) is 18.2 Å². The molecule has 5 rings (SSSR count). The van der Waals surface area contributed by atoms with Crippen molar-refractivity contribution in [2.24, 2.45) is 0 Å². The Morgan fingerprint density at radius 1 is 1.07 bits per heavy atom. The van der Waals surface area contributed by atoms with Crippen LogP contribution in [0.15, 0.2) is 48.5 Å². The fraction of sp³-hybridized carbons (Fsp3) is 0.375. The molecule has 2 amide bonds. The van der Waals surface area contributed by atoms with Crippen molar-refractivity contribution < 1.29 is 9.59 Å². The van der Waals surface area contributed by atoms with Crippen molar-refractivity contribution in [3.05, 3.63) is 64.7 Å². The zero-order valence-corrected chi connectivity index (χ0v) is 17.7. The summed E-state index contributed by atoms with van der Waals surface area (Å²) in [5.74, 6) is 0.731. The van der Waals surface area contributed by atoms with Crippen LogP contribution in [0.25, 0.3) is 10.2 Å². The van der Waals surface area contributed by atoms with E-state index in [1.54, 1.807) is 11.3 Å². The van der Waals surface area contributed by atoms with Gasteiger partial charge in [-0.3, -0.25) is 9.59 Å². The maximum absolute atomic E-state index is 13.1. The molecule has 0 bridgehead atoms. The summed E-state index contributed by atoms with van der Waals surface area (Å²) in [6, 6.07) is 16.0. The first kappa shape index (κ1) is 19.2. The van der Waals surface area contributed by atoms with Gasteiger partial charge < -0.3 is 9.80 Å². The van der Waals surface area contributed by atoms with Gasteiger partial charge in [0, 0.05) is 44.1 Å². The number of nitrogens with zero attached hydrogens (tertiary/aromatic N) is 3. The van der Waals surface area contributed by atoms with Crippen LogP contribution in [0.2, 0.25) is 0 Å². The summed E-state index contributed by atoms with van der Waals surface area (Å²) < 4.78 is 1.24. The van der Waals surface area contributed by atoms with Crippen LogP contribution < -0.4 is 0 Å². The SMILES string of the molecule is O=C1CCCN1Cc1cccc(C(=O)N2CCC(c3nc4ccccc4s3)CC2)c1. The number of piperidine rings is 1. The molecule has 2 aliphatic heterocycles. The highest BCUT2D eigenvalue weighted by Gasteiger charge is 2.27. The van der Waals surface area contributed by atoms with E-state index in [1.165, 1.54) is 9.71 Å². The molecule has 1 aromatic heterocycles. The first-order valence-electron chi connectivity index (χ1n) is 10.7. The van der Waals surface area contributed by atoms with E-state index in [1.807, 2.05) is 40.1 Å². The summed E-state index contributed by atoms with van der Waals surface area (Å²) in [5.41, 5.74) is 2.82. The van der Waals surface area contributed by atoms with E-state index in [0.717, 1.165) is 55.5 Å². The molecule has 0 spiro atoms. The molecule has 3 aromatic rings. The van der Waals surface area contributed by atoms with Crippen LogP contribution >= 0.6 is 11.3 Å². The van der Waals surface area contributed by atoms with Crippen LogP contribution in [0, 0.1) is 0 Å². The number of thiazole rings is 1. The number of hydrogen-bond acceptors (Lipinski definition) is 4. The minimum atomic E-state index is 0.0901. The number of rotatable bonds is 4. The lowest BCUT2D eigenvalue weighted by atomic mass is 9.97. The van der Waals surface area contributed by atoms with E-state index >= 15 is 0 Å². The highest BCUT2D eigenvalue weighted by atomic mass is 32.1. The molecular formula is C24H25N3O2S. The van der Waals surface area contributed by atoms with Crippen LogP contribution in [0.3, 0.4) is 0 Å². The van der Waals surface area contributed by atoms with E-state index in [9.17, 15) is 9.59 Å². The zero-order valence-electron chi connectivity index (χ0n) is 16.9. The quantitative estimate of drug-likeness (QED) is 0.628. The van der Waals surface area contributed by atoms with Crippen LogP contribution in [0.5, 0.6) is 0 Å². The Bertz CT molecular complexity index is 1050. The van der Waals surface area contributed by atoms with Gasteiger partial charge in [-0.05, 0) is 49.1 Å². The van der Waals surface area contributed by atoms with E-state index in [0.29, 0.717) is 18.9 Å². The van der Waals surface area contributed by atoms with Gasteiger partial charge in [0.2, 0.25) is 5.91 Å². The Balaban J connectivity index is 1.23. The first-order chi connectivity index (χ1) is 14.7. The molecule has 2 aliphatic rings. The molecule has 3 heterocycles. The topological polar surface area (TPSA) is 53.5 Å². The number of carbonyl (C=O) groups excluding carboxylic acids is 2. The highest BCUT2D eigenvalue weighted by molar-refractivity contribution is 7.18. The van der Waals surface area contributed by atoms with Crippen LogP contribution in [0.4, 0.5) is 0 Å². The van der Waals surface area contributed by atoms with Gasteiger partial charge in [0.05, 0.1) is 15.2 Å². The molecular weight excluding hydrogens is 394 g/mol. The maximum atomic E-state index is 13.1. The summed E-state index contributed by atoms with van der Waals surface area (Å²) >= 11 is 1.78. The van der Waals surface area contributed by atoms with Crippen molar-refractivity contribution in [2.45, 2.75) is 38.1 Å². The van der Waals surface area contributed by atoms with Gasteiger partial charge in [0.1, 0.15) is 0 Å². The van der Waals surface area contributed by atoms with Gasteiger partial charge in [-0.1, -0.05) is 24.3 Å². The lowest BCUT2D eigenvalue weighted by molar-refractivity contribution is -0.128. The van der Waals surface area contributed by atoms with Gasteiger partial charge in [-0.25, -0.2) is 4.98 Å². The van der Waals surface area contributed by atoms with Crippen molar-refractivity contribution >= 4 is 33.4 Å². The summed E-state index contributed by atoms with van der Waals surface area (Å²) in [7, 11) is 0. The second-order valence-corrected chi connectivity index (χ2v) is 9.27. The molecule has 0 radical (unpaired) electrons. The number of amides is 2. The largest absolute Gasteiger partial charge is 0.339 e. The Hall–Kier alpha value is -2.73. The fourth-order valence-corrected chi connectivity index (χ4v) is 5.61. The molecule has 0 aliphatic carbocycles. The van der Waals surface area contributed by atoms with Gasteiger partial charge in [0.25, 0.3) is 5.91 Å². The number of benzene rings is 2. The first-order valence-corrected chi connectivity index (χ1v) is 11.5. The standard InChI is InChI=1S/C24H25N3O2S/c28-22-9-4-12-27(22)16-17-5-3-6-19(15-17)24(29)26-13-10-18(11-14-26)23-25-20-7-1-2-8-21(20)30-23/h1-3,5-8,15,18H,4,9-14,16H2. The summed E-state index contributed by atoms with van der Waals surface area (Å²) in [6.07, 6.45) is 3.48. The molecule has 2 fully saturated rings. The molecule has 2 saturated heterocycles. The minimum Gasteiger partial charge on any atom is -0.339 e. The number of aromatic nitrogens is 1. The van der Waals surface area contributed by atoms with Crippen LogP contribution in [0.1, 0.15) is 52.5 Å². The molecule has 2 aromatic carbocycles. The van der Waals surface area contributed by atoms with E-state index in [4.69, 9.17) is 4.98 Å². The Morgan fingerprint density at radius 3 is 2.67 bits per heavy atom. The number of fused-ring (bicyclic) bond motifs is 1. The van der Waals surface area contributed by atoms with Gasteiger partial charge in [0.15, 0.2) is 0 Å². The molecule has 5 nitrogen and oxygen atoms in total. The lowest BCUT2D eigenvalue weighted by Gasteiger charge is -2.31. The van der Waals surface area contributed by atoms with Crippen molar-refractivity contribution in [1.29, 1.82) is 0 Å². The summed E-state index contributed by atoms with van der Waals surface area (Å²) in [5, 5.41) is 1.19. The van der Waals surface area contributed by atoms with E-state index in [-0.39, 0.29) is 11.8 Å². The lowest BCUT2D eigenvalue weighted by Crippen LogP contribution is -2.38. The normalized spacial score (nSPS) is 17.8. The van der Waals surface area contributed by atoms with Crippen molar-refractivity contribution in [3.8, 4) is 0 Å². The monoisotopic (exact) mass is 419 g/mol. The number of likely N-dealkylation sites (tertiary alicyclic amines) is 2. The summed E-state index contributed by atoms with van der Waals surface area (Å²) in [4.78, 5) is 33.6. The smallest absolute Gasteiger partial charge is 0.253 e. The third kappa shape index (κ3) is 3.84. The third-order valence-electron chi connectivity index (χ3n) is 6.16. The molecule has 0 unspecified atom stereocenters. The van der Waals surface area contributed by atoms with Gasteiger partial charge in [-0.15, -0.1) is 11.3 Å². The Labute approximate surface area is 180 Å². The number of para-hydroxylation sites is 1. The number of carbonyl (C=O) groups is 2. The van der Waals surface area contributed by atoms with Crippen LogP contribution in [-0.4, -0.2) is 46.2 Å². The average molecular weight is 420 g/mol. The molecule has 6 heteroatoms. The molecule has 0 saturated carbocycles. The fourth-order valence-electron chi connectivity index (χ4n) is 4.47. The third-order valence-corrected chi connectivity index (χ3v) is 7.36. The Kier molecular flexibility index (Phi) is 5.25. The molecule has 154 valence electrons. The summed E-state index contributed by atoms with van der Waals surface area (Å²) in [6.45, 7) is 2.93. The maximum Gasteiger partial charge on any atom is 0.253 e. The molecule has 30 heavy (non-hydrogen) atoms. The van der Waals surface area contributed by atoms with Crippen molar-refractivity contribution in [2.75, 3.05) is 19.6 Å². The van der Waals surface area contributed by atoms with Gasteiger partial charge in [-0.2, -0.15) is 0 Å². The predicted molar refractivity (Wildman–Crippen MR) is 119 cm³/mol. The highest BCUT2D eigenvalue weighted by Crippen LogP contribution is 2.34. The second-order valence-electron chi connectivity index (χ2n) is 8.21. The molecule has 0 atom stereocenters. The second kappa shape index (κ2) is 8.19. The Morgan fingerprint density at radius 2 is 1.90 bits per heavy atom. The van der Waals surface area contributed by atoms with Crippen molar-refractivity contribution in [1.82, 2.24) is 14.8 Å². The van der Waals surface area contributed by atoms with Crippen LogP contribution in [-0.2, 0) is 11.3 Å².